The van der Waals surface area contributed by atoms with Crippen LogP contribution in [0.3, 0.4) is 0 Å². The highest BCUT2D eigenvalue weighted by molar-refractivity contribution is 5.22. The highest BCUT2D eigenvalue weighted by Gasteiger charge is 2.62. The molecule has 0 bridgehead atoms. The maximum atomic E-state index is 2.69. The smallest absolute Gasteiger partial charge is 0.0110 e. The predicted octanol–water partition coefficient (Wildman–Crippen LogP) is 6.63. The second kappa shape index (κ2) is 4.99. The third kappa shape index (κ3) is 2.02. The fourth-order valence-electron chi connectivity index (χ4n) is 7.82. The largest absolute Gasteiger partial charge is 0.0808 e. The van der Waals surface area contributed by atoms with E-state index in [1.165, 1.54) is 38.5 Å². The van der Waals surface area contributed by atoms with E-state index in [4.69, 9.17) is 0 Å². The van der Waals surface area contributed by atoms with Crippen molar-refractivity contribution < 1.29 is 0 Å². The Labute approximate surface area is 143 Å². The molecule has 0 heterocycles. The zero-order valence-corrected chi connectivity index (χ0v) is 15.9. The Morgan fingerprint density at radius 2 is 1.43 bits per heavy atom. The van der Waals surface area contributed by atoms with E-state index in [0.29, 0.717) is 16.2 Å². The van der Waals surface area contributed by atoms with Gasteiger partial charge < -0.3 is 0 Å². The van der Waals surface area contributed by atoms with Crippen molar-refractivity contribution in [2.75, 3.05) is 0 Å². The van der Waals surface area contributed by atoms with Crippen molar-refractivity contribution in [1.82, 2.24) is 0 Å². The Kier molecular flexibility index (Phi) is 3.47. The molecule has 7 atom stereocenters. The summed E-state index contributed by atoms with van der Waals surface area (Å²) in [5.74, 6) is 4.36. The van der Waals surface area contributed by atoms with Crippen LogP contribution in [0.25, 0.3) is 0 Å². The van der Waals surface area contributed by atoms with Gasteiger partial charge in [0.1, 0.15) is 0 Å². The lowest BCUT2D eigenvalue weighted by Gasteiger charge is -2.67. The Morgan fingerprint density at radius 3 is 2.22 bits per heavy atom. The van der Waals surface area contributed by atoms with E-state index in [1.807, 2.05) is 0 Å². The first kappa shape index (κ1) is 16.0. The Balaban J connectivity index is 1.73. The first-order valence-electron chi connectivity index (χ1n) is 10.1. The molecule has 3 saturated carbocycles. The van der Waals surface area contributed by atoms with Crippen molar-refractivity contribution in [2.45, 2.75) is 73.1 Å². The third-order valence-electron chi connectivity index (χ3n) is 9.44. The molecule has 0 aromatic heterocycles. The standard InChI is InChI=1S/C23H36/c1-16-12-14-23(5)19(21(16,2)3)13-15-22(4)18-9-7-6-8-17(18)10-11-20(22)23/h6-9,16-20H,10-15H2,1-5H3. The normalized spacial score (nSPS) is 54.0. The van der Waals surface area contributed by atoms with Gasteiger partial charge in [-0.2, -0.15) is 0 Å². The molecular weight excluding hydrogens is 276 g/mol. The summed E-state index contributed by atoms with van der Waals surface area (Å²) in [5, 5.41) is 0. The van der Waals surface area contributed by atoms with Crippen LogP contribution < -0.4 is 0 Å². The Bertz CT molecular complexity index is 538. The van der Waals surface area contributed by atoms with Gasteiger partial charge in [0.15, 0.2) is 0 Å². The molecule has 0 nitrogen and oxygen atoms in total. The van der Waals surface area contributed by atoms with Gasteiger partial charge in [-0.3, -0.25) is 0 Å². The van der Waals surface area contributed by atoms with E-state index < -0.39 is 0 Å². The summed E-state index contributed by atoms with van der Waals surface area (Å²) < 4.78 is 0. The fourth-order valence-corrected chi connectivity index (χ4v) is 7.82. The molecule has 0 aromatic carbocycles. The van der Waals surface area contributed by atoms with E-state index in [1.54, 1.807) is 0 Å². The Morgan fingerprint density at radius 1 is 0.739 bits per heavy atom. The molecule has 0 aliphatic heterocycles. The van der Waals surface area contributed by atoms with Crippen LogP contribution in [0.15, 0.2) is 24.3 Å². The molecule has 0 heteroatoms. The summed E-state index contributed by atoms with van der Waals surface area (Å²) in [6.07, 6.45) is 18.4. The van der Waals surface area contributed by atoms with Gasteiger partial charge in [-0.1, -0.05) is 58.9 Å². The first-order chi connectivity index (χ1) is 10.8. The molecule has 0 aromatic rings. The zero-order chi connectivity index (χ0) is 16.5. The second-order valence-corrected chi connectivity index (χ2v) is 10.5. The van der Waals surface area contributed by atoms with Crippen LogP contribution in [0.2, 0.25) is 0 Å². The molecule has 0 N–H and O–H groups in total. The molecule has 4 aliphatic carbocycles. The summed E-state index contributed by atoms with van der Waals surface area (Å²) in [4.78, 5) is 0. The molecule has 0 amide bonds. The van der Waals surface area contributed by atoms with Crippen molar-refractivity contribution >= 4 is 0 Å². The van der Waals surface area contributed by atoms with Crippen molar-refractivity contribution in [3.05, 3.63) is 24.3 Å². The van der Waals surface area contributed by atoms with Gasteiger partial charge in [0, 0.05) is 0 Å². The van der Waals surface area contributed by atoms with Crippen LogP contribution in [-0.4, -0.2) is 0 Å². The van der Waals surface area contributed by atoms with Crippen molar-refractivity contribution in [3.8, 4) is 0 Å². The van der Waals surface area contributed by atoms with Crippen molar-refractivity contribution in [3.63, 3.8) is 0 Å². The quantitative estimate of drug-likeness (QED) is 0.470. The van der Waals surface area contributed by atoms with E-state index in [0.717, 1.165) is 29.6 Å². The maximum absolute atomic E-state index is 2.69. The molecule has 23 heavy (non-hydrogen) atoms. The van der Waals surface area contributed by atoms with E-state index in [9.17, 15) is 0 Å². The topological polar surface area (TPSA) is 0 Å². The minimum Gasteiger partial charge on any atom is -0.0808 e. The zero-order valence-electron chi connectivity index (χ0n) is 15.9. The number of allylic oxidation sites excluding steroid dienone is 4. The van der Waals surface area contributed by atoms with E-state index in [2.05, 4.69) is 58.9 Å². The highest BCUT2D eigenvalue weighted by atomic mass is 14.7. The van der Waals surface area contributed by atoms with Gasteiger partial charge in [0.2, 0.25) is 0 Å². The van der Waals surface area contributed by atoms with Gasteiger partial charge in [0.05, 0.1) is 0 Å². The van der Waals surface area contributed by atoms with Gasteiger partial charge >= 0.3 is 0 Å². The molecule has 0 spiro atoms. The van der Waals surface area contributed by atoms with E-state index in [-0.39, 0.29) is 0 Å². The van der Waals surface area contributed by atoms with Crippen LogP contribution in [-0.2, 0) is 0 Å². The molecule has 4 rings (SSSR count). The monoisotopic (exact) mass is 312 g/mol. The number of hydrogen-bond donors (Lipinski definition) is 0. The van der Waals surface area contributed by atoms with Crippen LogP contribution in [0.1, 0.15) is 73.1 Å². The minimum atomic E-state index is 0.521. The molecule has 0 radical (unpaired) electrons. The number of fused-ring (bicyclic) bond motifs is 5. The highest BCUT2D eigenvalue weighted by Crippen LogP contribution is 2.70. The summed E-state index contributed by atoms with van der Waals surface area (Å²) >= 11 is 0. The van der Waals surface area contributed by atoms with Gasteiger partial charge in [-0.25, -0.2) is 0 Å². The average molecular weight is 313 g/mol. The average Bonchev–Trinajstić information content (AvgIpc) is 2.51. The lowest BCUT2D eigenvalue weighted by molar-refractivity contribution is -0.176. The maximum Gasteiger partial charge on any atom is -0.0110 e. The van der Waals surface area contributed by atoms with Gasteiger partial charge in [-0.15, -0.1) is 0 Å². The SMILES string of the molecule is CC1CCC2(C)C(CCC3(C)C4C=CC=CC4CCC32)C1(C)C. The Hall–Kier alpha value is -0.520. The summed E-state index contributed by atoms with van der Waals surface area (Å²) in [7, 11) is 0. The van der Waals surface area contributed by atoms with Gasteiger partial charge in [-0.05, 0) is 84.4 Å². The van der Waals surface area contributed by atoms with Crippen LogP contribution in [0.4, 0.5) is 0 Å². The summed E-state index contributed by atoms with van der Waals surface area (Å²) in [6, 6.07) is 0. The molecular formula is C23H36. The number of rotatable bonds is 0. The fraction of sp³-hybridized carbons (Fsp3) is 0.826. The molecule has 3 fully saturated rings. The van der Waals surface area contributed by atoms with Gasteiger partial charge in [0.25, 0.3) is 0 Å². The summed E-state index contributed by atoms with van der Waals surface area (Å²) in [5.41, 5.74) is 1.63. The lowest BCUT2D eigenvalue weighted by atomic mass is 9.37. The number of hydrogen-bond acceptors (Lipinski definition) is 0. The van der Waals surface area contributed by atoms with Crippen molar-refractivity contribution in [1.29, 1.82) is 0 Å². The second-order valence-electron chi connectivity index (χ2n) is 10.5. The van der Waals surface area contributed by atoms with E-state index >= 15 is 0 Å². The minimum absolute atomic E-state index is 0.521. The van der Waals surface area contributed by atoms with Crippen LogP contribution >= 0.6 is 0 Å². The first-order valence-corrected chi connectivity index (χ1v) is 10.1. The molecule has 7 unspecified atom stereocenters. The lowest BCUT2D eigenvalue weighted by Crippen LogP contribution is -2.60. The predicted molar refractivity (Wildman–Crippen MR) is 99.1 cm³/mol. The van der Waals surface area contributed by atoms with Crippen LogP contribution in [0.5, 0.6) is 0 Å². The molecule has 128 valence electrons. The van der Waals surface area contributed by atoms with Crippen LogP contribution in [0, 0.1) is 45.8 Å². The van der Waals surface area contributed by atoms with Crippen molar-refractivity contribution in [2.24, 2.45) is 45.8 Å². The summed E-state index contributed by atoms with van der Waals surface area (Å²) in [6.45, 7) is 13.0. The third-order valence-corrected chi connectivity index (χ3v) is 9.44. The molecule has 0 saturated heterocycles. The molecule has 4 aliphatic rings.